The van der Waals surface area contributed by atoms with Crippen molar-refractivity contribution in [2.24, 2.45) is 5.92 Å². The molecule has 1 aromatic heterocycles. The fourth-order valence-corrected chi connectivity index (χ4v) is 2.32. The largest absolute Gasteiger partial charge is 0.444 e. The standard InChI is InChI=1S/C11H15Br2NO2/c1-2-8(5-6-12)7-14-11(15)9-3-4-10(13)16-9/h3-4,8H,2,5-7H2,1H3,(H,14,15). The van der Waals surface area contributed by atoms with Gasteiger partial charge in [-0.2, -0.15) is 0 Å². The molecule has 0 aliphatic rings. The van der Waals surface area contributed by atoms with E-state index in [0.717, 1.165) is 18.2 Å². The van der Waals surface area contributed by atoms with Gasteiger partial charge in [-0.3, -0.25) is 4.79 Å². The molecule has 0 fully saturated rings. The van der Waals surface area contributed by atoms with E-state index in [1.165, 1.54) is 0 Å². The van der Waals surface area contributed by atoms with E-state index < -0.39 is 0 Å². The molecule has 1 rings (SSSR count). The molecule has 1 atom stereocenters. The molecule has 3 nitrogen and oxygen atoms in total. The second kappa shape index (κ2) is 7.12. The van der Waals surface area contributed by atoms with Crippen LogP contribution in [0.4, 0.5) is 0 Å². The van der Waals surface area contributed by atoms with E-state index >= 15 is 0 Å². The molecule has 1 N–H and O–H groups in total. The first-order chi connectivity index (χ1) is 7.67. The van der Waals surface area contributed by atoms with Crippen molar-refractivity contribution < 1.29 is 9.21 Å². The Balaban J connectivity index is 2.40. The van der Waals surface area contributed by atoms with E-state index in [1.54, 1.807) is 12.1 Å². The van der Waals surface area contributed by atoms with E-state index in [0.29, 0.717) is 22.9 Å². The Kier molecular flexibility index (Phi) is 6.13. The summed E-state index contributed by atoms with van der Waals surface area (Å²) in [6.07, 6.45) is 2.13. The van der Waals surface area contributed by atoms with Crippen molar-refractivity contribution in [2.45, 2.75) is 19.8 Å². The second-order valence-corrected chi connectivity index (χ2v) is 5.14. The summed E-state index contributed by atoms with van der Waals surface area (Å²) >= 11 is 6.57. The Bertz CT molecular complexity index is 338. The minimum absolute atomic E-state index is 0.154. The summed E-state index contributed by atoms with van der Waals surface area (Å²) in [4.78, 5) is 11.6. The van der Waals surface area contributed by atoms with E-state index in [2.05, 4.69) is 44.1 Å². The van der Waals surface area contributed by atoms with E-state index in [-0.39, 0.29) is 5.91 Å². The van der Waals surface area contributed by atoms with Crippen LogP contribution in [-0.4, -0.2) is 17.8 Å². The van der Waals surface area contributed by atoms with Crippen LogP contribution in [0.25, 0.3) is 0 Å². The molecule has 90 valence electrons. The van der Waals surface area contributed by atoms with Crippen LogP contribution in [0.2, 0.25) is 0 Å². The maximum atomic E-state index is 11.6. The van der Waals surface area contributed by atoms with Crippen LogP contribution >= 0.6 is 31.9 Å². The Morgan fingerprint density at radius 2 is 2.31 bits per heavy atom. The lowest BCUT2D eigenvalue weighted by molar-refractivity contribution is 0.0917. The number of furan rings is 1. The van der Waals surface area contributed by atoms with Crippen LogP contribution in [-0.2, 0) is 0 Å². The van der Waals surface area contributed by atoms with Crippen molar-refractivity contribution in [1.82, 2.24) is 5.32 Å². The number of rotatable bonds is 6. The molecule has 0 aromatic carbocycles. The van der Waals surface area contributed by atoms with Gasteiger partial charge < -0.3 is 9.73 Å². The SMILES string of the molecule is CCC(CCBr)CNC(=O)c1ccc(Br)o1. The zero-order valence-corrected chi connectivity index (χ0v) is 12.3. The Morgan fingerprint density at radius 3 is 2.81 bits per heavy atom. The van der Waals surface area contributed by atoms with Crippen LogP contribution in [0.3, 0.4) is 0 Å². The molecule has 1 aromatic rings. The van der Waals surface area contributed by atoms with Gasteiger partial charge in [0.1, 0.15) is 0 Å². The normalized spacial score (nSPS) is 12.4. The number of halogens is 2. The third-order valence-electron chi connectivity index (χ3n) is 2.44. The number of alkyl halides is 1. The van der Waals surface area contributed by atoms with Crippen molar-refractivity contribution in [2.75, 3.05) is 11.9 Å². The minimum Gasteiger partial charge on any atom is -0.444 e. The third-order valence-corrected chi connectivity index (χ3v) is 3.33. The second-order valence-electron chi connectivity index (χ2n) is 3.57. The molecule has 0 bridgehead atoms. The van der Waals surface area contributed by atoms with Crippen LogP contribution < -0.4 is 5.32 Å². The summed E-state index contributed by atoms with van der Waals surface area (Å²) in [6, 6.07) is 3.37. The van der Waals surface area contributed by atoms with Crippen molar-refractivity contribution in [1.29, 1.82) is 0 Å². The predicted octanol–water partition coefficient (Wildman–Crippen LogP) is 3.58. The molecule has 1 amide bonds. The smallest absolute Gasteiger partial charge is 0.287 e. The molecular formula is C11H15Br2NO2. The van der Waals surface area contributed by atoms with Crippen LogP contribution in [0.1, 0.15) is 30.3 Å². The Hall–Kier alpha value is -0.290. The van der Waals surface area contributed by atoms with Crippen molar-refractivity contribution >= 4 is 37.8 Å². The van der Waals surface area contributed by atoms with Gasteiger partial charge in [-0.15, -0.1) is 0 Å². The first-order valence-electron chi connectivity index (χ1n) is 5.26. The average Bonchev–Trinajstić information content (AvgIpc) is 2.70. The molecule has 16 heavy (non-hydrogen) atoms. The molecule has 0 saturated carbocycles. The van der Waals surface area contributed by atoms with Gasteiger partial charge in [-0.05, 0) is 40.4 Å². The number of nitrogens with one attached hydrogen (secondary N) is 1. The molecule has 0 spiro atoms. The van der Waals surface area contributed by atoms with Gasteiger partial charge in [-0.25, -0.2) is 0 Å². The highest BCUT2D eigenvalue weighted by molar-refractivity contribution is 9.10. The molecule has 1 heterocycles. The van der Waals surface area contributed by atoms with Crippen LogP contribution in [0.15, 0.2) is 21.2 Å². The van der Waals surface area contributed by atoms with Gasteiger partial charge in [0.2, 0.25) is 0 Å². The van der Waals surface area contributed by atoms with Crippen LogP contribution in [0, 0.1) is 5.92 Å². The Labute approximate surface area is 112 Å². The zero-order chi connectivity index (χ0) is 12.0. The number of hydrogen-bond donors (Lipinski definition) is 1. The predicted molar refractivity (Wildman–Crippen MR) is 70.9 cm³/mol. The highest BCUT2D eigenvalue weighted by Crippen LogP contribution is 2.14. The first kappa shape index (κ1) is 13.8. The van der Waals surface area contributed by atoms with E-state index in [1.807, 2.05) is 0 Å². The lowest BCUT2D eigenvalue weighted by atomic mass is 10.0. The van der Waals surface area contributed by atoms with E-state index in [4.69, 9.17) is 4.42 Å². The molecule has 0 radical (unpaired) electrons. The lowest BCUT2D eigenvalue weighted by Gasteiger charge is -2.13. The average molecular weight is 353 g/mol. The Morgan fingerprint density at radius 1 is 1.56 bits per heavy atom. The molecule has 0 aliphatic heterocycles. The third kappa shape index (κ3) is 4.29. The molecular weight excluding hydrogens is 338 g/mol. The summed E-state index contributed by atoms with van der Waals surface area (Å²) in [7, 11) is 0. The number of carbonyl (C=O) groups excluding carboxylic acids is 1. The number of amides is 1. The monoisotopic (exact) mass is 351 g/mol. The van der Waals surface area contributed by atoms with Gasteiger partial charge in [-0.1, -0.05) is 29.3 Å². The van der Waals surface area contributed by atoms with Gasteiger partial charge in [0.15, 0.2) is 10.4 Å². The van der Waals surface area contributed by atoms with Crippen molar-refractivity contribution in [3.63, 3.8) is 0 Å². The topological polar surface area (TPSA) is 42.2 Å². The van der Waals surface area contributed by atoms with Gasteiger partial charge >= 0.3 is 0 Å². The highest BCUT2D eigenvalue weighted by atomic mass is 79.9. The van der Waals surface area contributed by atoms with Gasteiger partial charge in [0.25, 0.3) is 5.91 Å². The van der Waals surface area contributed by atoms with Gasteiger partial charge in [0, 0.05) is 11.9 Å². The first-order valence-corrected chi connectivity index (χ1v) is 7.18. The highest BCUT2D eigenvalue weighted by Gasteiger charge is 2.12. The summed E-state index contributed by atoms with van der Waals surface area (Å²) < 4.78 is 5.74. The number of hydrogen-bond acceptors (Lipinski definition) is 2. The molecule has 5 heteroatoms. The maximum absolute atomic E-state index is 11.6. The van der Waals surface area contributed by atoms with Crippen molar-refractivity contribution in [3.05, 3.63) is 22.6 Å². The summed E-state index contributed by atoms with van der Waals surface area (Å²) in [6.45, 7) is 2.82. The fraction of sp³-hybridized carbons (Fsp3) is 0.545. The quantitative estimate of drug-likeness (QED) is 0.795. The van der Waals surface area contributed by atoms with E-state index in [9.17, 15) is 4.79 Å². The summed E-state index contributed by atoms with van der Waals surface area (Å²) in [5, 5.41) is 3.84. The minimum atomic E-state index is -0.154. The lowest BCUT2D eigenvalue weighted by Crippen LogP contribution is -2.29. The van der Waals surface area contributed by atoms with Crippen molar-refractivity contribution in [3.8, 4) is 0 Å². The molecule has 1 unspecified atom stereocenters. The zero-order valence-electron chi connectivity index (χ0n) is 9.13. The maximum Gasteiger partial charge on any atom is 0.287 e. The van der Waals surface area contributed by atoms with Crippen LogP contribution in [0.5, 0.6) is 0 Å². The van der Waals surface area contributed by atoms with Gasteiger partial charge in [0.05, 0.1) is 0 Å². The summed E-state index contributed by atoms with van der Waals surface area (Å²) in [5.74, 6) is 0.709. The molecule has 0 aliphatic carbocycles. The fourth-order valence-electron chi connectivity index (χ4n) is 1.37. The summed E-state index contributed by atoms with van der Waals surface area (Å²) in [5.41, 5.74) is 0. The molecule has 0 saturated heterocycles. The number of carbonyl (C=O) groups is 1.